The van der Waals surface area contributed by atoms with Gasteiger partial charge in [-0.1, -0.05) is 6.92 Å². The summed E-state index contributed by atoms with van der Waals surface area (Å²) >= 11 is 0. The van der Waals surface area contributed by atoms with Gasteiger partial charge in [0, 0.05) is 17.8 Å². The topological polar surface area (TPSA) is 68.9 Å². The van der Waals surface area contributed by atoms with Crippen LogP contribution in [-0.2, 0) is 12.8 Å². The van der Waals surface area contributed by atoms with Gasteiger partial charge in [0.05, 0.1) is 5.56 Å². The van der Waals surface area contributed by atoms with E-state index < -0.39 is 0 Å². The zero-order valence-electron chi connectivity index (χ0n) is 11.7. The standard InChI is InChI=1S/C15H21N3O/c1-3-15(2,7-8-19)18-14-12(10-16)9-11-5-4-6-13(11)17-14/h9,19H,3-8H2,1-2H3,(H,17,18). The number of pyridine rings is 1. The molecule has 4 heteroatoms. The molecule has 1 heterocycles. The molecule has 0 spiro atoms. The second kappa shape index (κ2) is 5.58. The molecule has 102 valence electrons. The quantitative estimate of drug-likeness (QED) is 0.852. The first-order chi connectivity index (χ1) is 9.11. The van der Waals surface area contributed by atoms with Crippen LogP contribution in [0.5, 0.6) is 0 Å². The van der Waals surface area contributed by atoms with Crippen LogP contribution < -0.4 is 5.32 Å². The van der Waals surface area contributed by atoms with Gasteiger partial charge in [-0.05, 0) is 50.7 Å². The van der Waals surface area contributed by atoms with E-state index in [2.05, 4.69) is 30.2 Å². The molecular formula is C15H21N3O. The van der Waals surface area contributed by atoms with Crippen LogP contribution in [0.1, 0.15) is 49.9 Å². The van der Waals surface area contributed by atoms with Gasteiger partial charge in [0.25, 0.3) is 0 Å². The first kappa shape index (κ1) is 13.8. The summed E-state index contributed by atoms with van der Waals surface area (Å²) in [4.78, 5) is 4.62. The summed E-state index contributed by atoms with van der Waals surface area (Å²) in [5.41, 5.74) is 2.71. The van der Waals surface area contributed by atoms with E-state index in [1.165, 1.54) is 5.56 Å². The molecule has 0 saturated heterocycles. The summed E-state index contributed by atoms with van der Waals surface area (Å²) in [5.74, 6) is 0.668. The maximum atomic E-state index is 9.27. The molecule has 0 radical (unpaired) electrons. The lowest BCUT2D eigenvalue weighted by Gasteiger charge is -2.30. The Morgan fingerprint density at radius 3 is 2.95 bits per heavy atom. The summed E-state index contributed by atoms with van der Waals surface area (Å²) in [6, 6.07) is 4.19. The molecule has 0 bridgehead atoms. The number of nitrogens with one attached hydrogen (secondary N) is 1. The van der Waals surface area contributed by atoms with Gasteiger partial charge in [-0.3, -0.25) is 0 Å². The van der Waals surface area contributed by atoms with Gasteiger partial charge in [0.15, 0.2) is 0 Å². The zero-order valence-corrected chi connectivity index (χ0v) is 11.7. The molecule has 1 aromatic rings. The zero-order chi connectivity index (χ0) is 13.9. The highest BCUT2D eigenvalue weighted by atomic mass is 16.3. The van der Waals surface area contributed by atoms with Crippen molar-refractivity contribution in [2.24, 2.45) is 0 Å². The first-order valence-corrected chi connectivity index (χ1v) is 6.94. The number of nitrogens with zero attached hydrogens (tertiary/aromatic N) is 2. The average molecular weight is 259 g/mol. The Bertz CT molecular complexity index is 507. The third-order valence-electron chi connectivity index (χ3n) is 4.04. The molecule has 1 aliphatic carbocycles. The number of hydrogen-bond acceptors (Lipinski definition) is 4. The van der Waals surface area contributed by atoms with Gasteiger partial charge in [-0.25, -0.2) is 4.98 Å². The normalized spacial score (nSPS) is 16.5. The molecule has 2 rings (SSSR count). The van der Waals surface area contributed by atoms with E-state index in [-0.39, 0.29) is 12.1 Å². The van der Waals surface area contributed by atoms with Gasteiger partial charge < -0.3 is 10.4 Å². The van der Waals surface area contributed by atoms with Crippen LogP contribution in [0.2, 0.25) is 0 Å². The average Bonchev–Trinajstić information content (AvgIpc) is 2.85. The number of aliphatic hydroxyl groups excluding tert-OH is 1. The van der Waals surface area contributed by atoms with Crippen molar-refractivity contribution in [3.63, 3.8) is 0 Å². The Balaban J connectivity index is 2.32. The lowest BCUT2D eigenvalue weighted by Crippen LogP contribution is -2.35. The number of nitriles is 1. The largest absolute Gasteiger partial charge is 0.396 e. The summed E-state index contributed by atoms with van der Waals surface area (Å²) in [6.45, 7) is 4.26. The first-order valence-electron chi connectivity index (χ1n) is 6.94. The van der Waals surface area contributed by atoms with E-state index in [0.29, 0.717) is 17.8 Å². The Hall–Kier alpha value is -1.60. The maximum absolute atomic E-state index is 9.27. The van der Waals surface area contributed by atoms with Crippen molar-refractivity contribution in [3.05, 3.63) is 22.9 Å². The lowest BCUT2D eigenvalue weighted by molar-refractivity contribution is 0.252. The molecule has 1 aliphatic rings. The summed E-state index contributed by atoms with van der Waals surface area (Å²) in [7, 11) is 0. The van der Waals surface area contributed by atoms with Gasteiger partial charge in [0.2, 0.25) is 0 Å². The fraction of sp³-hybridized carbons (Fsp3) is 0.600. The van der Waals surface area contributed by atoms with Crippen molar-refractivity contribution in [2.75, 3.05) is 11.9 Å². The molecule has 0 aromatic carbocycles. The molecular weight excluding hydrogens is 238 g/mol. The molecule has 1 atom stereocenters. The second-order valence-electron chi connectivity index (χ2n) is 5.47. The van der Waals surface area contributed by atoms with Crippen molar-refractivity contribution < 1.29 is 5.11 Å². The third-order valence-corrected chi connectivity index (χ3v) is 4.04. The number of aryl methyl sites for hydroxylation is 2. The van der Waals surface area contributed by atoms with Crippen molar-refractivity contribution in [3.8, 4) is 6.07 Å². The van der Waals surface area contributed by atoms with Crippen molar-refractivity contribution in [2.45, 2.75) is 51.5 Å². The summed E-state index contributed by atoms with van der Waals surface area (Å²) < 4.78 is 0. The minimum absolute atomic E-state index is 0.129. The number of hydrogen-bond donors (Lipinski definition) is 2. The predicted molar refractivity (Wildman–Crippen MR) is 75.0 cm³/mol. The van der Waals surface area contributed by atoms with Crippen LogP contribution in [0.3, 0.4) is 0 Å². The van der Waals surface area contributed by atoms with Crippen LogP contribution in [-0.4, -0.2) is 22.2 Å². The summed E-state index contributed by atoms with van der Waals surface area (Å²) in [6.07, 6.45) is 4.67. The highest BCUT2D eigenvalue weighted by molar-refractivity contribution is 5.56. The number of anilines is 1. The maximum Gasteiger partial charge on any atom is 0.144 e. The van der Waals surface area contributed by atoms with E-state index in [0.717, 1.165) is 31.4 Å². The molecule has 1 aromatic heterocycles. The van der Waals surface area contributed by atoms with Crippen LogP contribution in [0.4, 0.5) is 5.82 Å². The number of fused-ring (bicyclic) bond motifs is 1. The molecule has 19 heavy (non-hydrogen) atoms. The van der Waals surface area contributed by atoms with Crippen LogP contribution in [0.25, 0.3) is 0 Å². The third kappa shape index (κ3) is 2.87. The van der Waals surface area contributed by atoms with Crippen molar-refractivity contribution in [1.82, 2.24) is 4.98 Å². The number of aliphatic hydroxyl groups is 1. The van der Waals surface area contributed by atoms with E-state index in [9.17, 15) is 5.26 Å². The molecule has 0 saturated carbocycles. The SMILES string of the molecule is CCC(C)(CCO)Nc1nc2c(cc1C#N)CCC2. The monoisotopic (exact) mass is 259 g/mol. The van der Waals surface area contributed by atoms with E-state index in [4.69, 9.17) is 5.11 Å². The van der Waals surface area contributed by atoms with Crippen LogP contribution >= 0.6 is 0 Å². The Labute approximate surface area is 114 Å². The second-order valence-corrected chi connectivity index (χ2v) is 5.47. The minimum Gasteiger partial charge on any atom is -0.396 e. The number of rotatable bonds is 5. The van der Waals surface area contributed by atoms with Gasteiger partial charge in [0.1, 0.15) is 11.9 Å². The summed E-state index contributed by atoms with van der Waals surface area (Å²) in [5, 5.41) is 21.8. The van der Waals surface area contributed by atoms with E-state index in [1.807, 2.05) is 6.07 Å². The Morgan fingerprint density at radius 1 is 1.53 bits per heavy atom. The molecule has 0 amide bonds. The predicted octanol–water partition coefficient (Wildman–Crippen LogP) is 2.40. The smallest absolute Gasteiger partial charge is 0.144 e. The Kier molecular flexibility index (Phi) is 4.06. The molecule has 4 nitrogen and oxygen atoms in total. The Morgan fingerprint density at radius 2 is 2.32 bits per heavy atom. The van der Waals surface area contributed by atoms with Gasteiger partial charge >= 0.3 is 0 Å². The van der Waals surface area contributed by atoms with Gasteiger partial charge in [-0.2, -0.15) is 5.26 Å². The van der Waals surface area contributed by atoms with E-state index >= 15 is 0 Å². The van der Waals surface area contributed by atoms with Crippen molar-refractivity contribution in [1.29, 1.82) is 5.26 Å². The molecule has 0 aliphatic heterocycles. The minimum atomic E-state index is -0.222. The highest BCUT2D eigenvalue weighted by Gasteiger charge is 2.24. The van der Waals surface area contributed by atoms with Gasteiger partial charge in [-0.15, -0.1) is 0 Å². The fourth-order valence-electron chi connectivity index (χ4n) is 2.51. The van der Waals surface area contributed by atoms with Crippen LogP contribution in [0, 0.1) is 11.3 Å². The highest BCUT2D eigenvalue weighted by Crippen LogP contribution is 2.28. The number of aromatic nitrogens is 1. The van der Waals surface area contributed by atoms with E-state index in [1.54, 1.807) is 0 Å². The molecule has 2 N–H and O–H groups in total. The van der Waals surface area contributed by atoms with Crippen molar-refractivity contribution >= 4 is 5.82 Å². The lowest BCUT2D eigenvalue weighted by atomic mass is 9.94. The fourth-order valence-corrected chi connectivity index (χ4v) is 2.51. The molecule has 0 fully saturated rings. The molecule has 1 unspecified atom stereocenters. The van der Waals surface area contributed by atoms with Crippen LogP contribution in [0.15, 0.2) is 6.07 Å².